The highest BCUT2D eigenvalue weighted by molar-refractivity contribution is 9.10. The number of carbonyl (C=O) groups excluding carboxylic acids is 1. The normalized spacial score (nSPS) is 17.1. The molecule has 26 heavy (non-hydrogen) atoms. The van der Waals surface area contributed by atoms with Crippen molar-refractivity contribution in [3.05, 3.63) is 70.6 Å². The summed E-state index contributed by atoms with van der Waals surface area (Å²) < 4.78 is 21.5. The second kappa shape index (κ2) is 6.64. The number of rotatable bonds is 3. The van der Waals surface area contributed by atoms with Crippen LogP contribution in [0.2, 0.25) is 0 Å². The molecular weight excluding hydrogens is 403 g/mol. The number of hydrogen-bond donors (Lipinski definition) is 1. The molecule has 1 aromatic heterocycles. The van der Waals surface area contributed by atoms with Crippen molar-refractivity contribution in [2.75, 3.05) is 6.61 Å². The van der Waals surface area contributed by atoms with E-state index < -0.39 is 6.23 Å². The van der Waals surface area contributed by atoms with Crippen molar-refractivity contribution in [2.45, 2.75) is 6.23 Å². The number of carbonyl (C=O) groups is 1. The van der Waals surface area contributed by atoms with E-state index in [0.717, 1.165) is 15.2 Å². The standard InChI is InChI=1S/C18H14BrFN4O2/c19-12-3-7-14(8-4-12)23-9-15(18-24(21)16(25)10-26-18)17(22-23)11-1-5-13(20)6-2-11/h1-9,18H,10,21H2/t18-/m1/s1. The first-order valence-electron chi connectivity index (χ1n) is 7.83. The summed E-state index contributed by atoms with van der Waals surface area (Å²) in [6.45, 7) is -0.0898. The number of amides is 1. The molecule has 0 saturated carbocycles. The predicted octanol–water partition coefficient (Wildman–Crippen LogP) is 3.17. The number of hydrazine groups is 1. The third kappa shape index (κ3) is 3.03. The Balaban J connectivity index is 1.83. The summed E-state index contributed by atoms with van der Waals surface area (Å²) in [5.41, 5.74) is 2.74. The van der Waals surface area contributed by atoms with Gasteiger partial charge in [-0.1, -0.05) is 15.9 Å². The van der Waals surface area contributed by atoms with Gasteiger partial charge >= 0.3 is 0 Å². The largest absolute Gasteiger partial charge is 0.343 e. The van der Waals surface area contributed by atoms with Crippen LogP contribution < -0.4 is 5.84 Å². The Morgan fingerprint density at radius 2 is 1.85 bits per heavy atom. The van der Waals surface area contributed by atoms with Crippen molar-refractivity contribution < 1.29 is 13.9 Å². The number of ether oxygens (including phenoxy) is 1. The molecule has 0 unspecified atom stereocenters. The fourth-order valence-electron chi connectivity index (χ4n) is 2.80. The molecule has 132 valence electrons. The summed E-state index contributed by atoms with van der Waals surface area (Å²) in [6.07, 6.45) is 1.03. The van der Waals surface area contributed by atoms with Crippen molar-refractivity contribution in [1.82, 2.24) is 14.8 Å². The van der Waals surface area contributed by atoms with E-state index in [1.54, 1.807) is 23.0 Å². The molecule has 1 fully saturated rings. The van der Waals surface area contributed by atoms with Crippen molar-refractivity contribution >= 4 is 21.8 Å². The number of nitrogens with zero attached hydrogens (tertiary/aromatic N) is 3. The first kappa shape index (κ1) is 16.9. The van der Waals surface area contributed by atoms with Gasteiger partial charge in [0.05, 0.1) is 5.69 Å². The first-order chi connectivity index (χ1) is 12.5. The Labute approximate surface area is 157 Å². The zero-order valence-corrected chi connectivity index (χ0v) is 15.1. The zero-order valence-electron chi connectivity index (χ0n) is 13.5. The zero-order chi connectivity index (χ0) is 18.3. The number of hydrogen-bond acceptors (Lipinski definition) is 4. The van der Waals surface area contributed by atoms with Gasteiger partial charge < -0.3 is 4.74 Å². The molecule has 1 atom stereocenters. The molecule has 1 amide bonds. The third-order valence-corrected chi connectivity index (χ3v) is 4.65. The first-order valence-corrected chi connectivity index (χ1v) is 8.62. The van der Waals surface area contributed by atoms with Crippen LogP contribution in [0.5, 0.6) is 0 Å². The molecule has 4 rings (SSSR count). The van der Waals surface area contributed by atoms with Crippen LogP contribution in [0.1, 0.15) is 11.8 Å². The van der Waals surface area contributed by atoms with E-state index >= 15 is 0 Å². The van der Waals surface area contributed by atoms with E-state index in [0.29, 0.717) is 16.8 Å². The van der Waals surface area contributed by atoms with Gasteiger partial charge in [-0.15, -0.1) is 0 Å². The van der Waals surface area contributed by atoms with Gasteiger partial charge in [0.15, 0.2) is 6.23 Å². The van der Waals surface area contributed by atoms with E-state index in [1.807, 2.05) is 24.3 Å². The Morgan fingerprint density at radius 3 is 2.46 bits per heavy atom. The van der Waals surface area contributed by atoms with Gasteiger partial charge in [0, 0.05) is 21.8 Å². The highest BCUT2D eigenvalue weighted by Crippen LogP contribution is 2.33. The van der Waals surface area contributed by atoms with Gasteiger partial charge in [0.1, 0.15) is 18.1 Å². The fourth-order valence-corrected chi connectivity index (χ4v) is 3.07. The van der Waals surface area contributed by atoms with Crippen molar-refractivity contribution in [3.63, 3.8) is 0 Å². The summed E-state index contributed by atoms with van der Waals surface area (Å²) in [6, 6.07) is 13.6. The summed E-state index contributed by atoms with van der Waals surface area (Å²) >= 11 is 3.40. The molecule has 1 aliphatic rings. The Hall–Kier alpha value is -2.55. The maximum atomic E-state index is 13.3. The molecule has 1 aliphatic heterocycles. The molecule has 2 heterocycles. The van der Waals surface area contributed by atoms with Gasteiger partial charge in [-0.2, -0.15) is 5.10 Å². The molecule has 2 N–H and O–H groups in total. The van der Waals surface area contributed by atoms with Crippen LogP contribution in [0.25, 0.3) is 16.9 Å². The fraction of sp³-hybridized carbons (Fsp3) is 0.111. The lowest BCUT2D eigenvalue weighted by Crippen LogP contribution is -2.35. The lowest BCUT2D eigenvalue weighted by Gasteiger charge is -2.17. The van der Waals surface area contributed by atoms with E-state index in [1.165, 1.54) is 12.1 Å². The lowest BCUT2D eigenvalue weighted by molar-refractivity contribution is -0.128. The summed E-state index contributed by atoms with van der Waals surface area (Å²) in [4.78, 5) is 11.8. The van der Waals surface area contributed by atoms with Crippen LogP contribution in [0, 0.1) is 5.82 Å². The summed E-state index contributed by atoms with van der Waals surface area (Å²) in [5, 5.41) is 5.67. The molecule has 8 heteroatoms. The minimum atomic E-state index is -0.744. The predicted molar refractivity (Wildman–Crippen MR) is 96.4 cm³/mol. The highest BCUT2D eigenvalue weighted by atomic mass is 79.9. The number of halogens is 2. The van der Waals surface area contributed by atoms with Crippen molar-refractivity contribution in [1.29, 1.82) is 0 Å². The molecule has 0 bridgehead atoms. The number of benzene rings is 2. The molecule has 2 aromatic carbocycles. The molecule has 0 radical (unpaired) electrons. The Morgan fingerprint density at radius 1 is 1.15 bits per heavy atom. The smallest absolute Gasteiger partial charge is 0.265 e. The summed E-state index contributed by atoms with van der Waals surface area (Å²) in [5.74, 6) is 5.20. The Bertz CT molecular complexity index is 956. The average Bonchev–Trinajstić information content (AvgIpc) is 3.21. The molecule has 0 spiro atoms. The molecule has 1 saturated heterocycles. The van der Waals surface area contributed by atoms with Gasteiger partial charge in [-0.25, -0.2) is 19.9 Å². The van der Waals surface area contributed by atoms with Crippen LogP contribution in [-0.4, -0.2) is 27.3 Å². The van der Waals surface area contributed by atoms with E-state index in [-0.39, 0.29) is 18.3 Å². The van der Waals surface area contributed by atoms with Gasteiger partial charge in [-0.3, -0.25) is 4.79 Å². The van der Waals surface area contributed by atoms with Gasteiger partial charge in [0.25, 0.3) is 5.91 Å². The van der Waals surface area contributed by atoms with Crippen LogP contribution in [-0.2, 0) is 9.53 Å². The second-order valence-electron chi connectivity index (χ2n) is 5.83. The van der Waals surface area contributed by atoms with Gasteiger partial charge in [-0.05, 0) is 48.5 Å². The molecular formula is C18H14BrFN4O2. The Kier molecular flexibility index (Phi) is 4.31. The van der Waals surface area contributed by atoms with Crippen LogP contribution in [0.4, 0.5) is 4.39 Å². The average molecular weight is 417 g/mol. The maximum Gasteiger partial charge on any atom is 0.265 e. The van der Waals surface area contributed by atoms with E-state index in [9.17, 15) is 9.18 Å². The number of aromatic nitrogens is 2. The van der Waals surface area contributed by atoms with Crippen LogP contribution >= 0.6 is 15.9 Å². The third-order valence-electron chi connectivity index (χ3n) is 4.12. The SMILES string of the molecule is NN1C(=O)CO[C@@H]1c1cn(-c2ccc(Br)cc2)nc1-c1ccc(F)cc1. The maximum absolute atomic E-state index is 13.3. The lowest BCUT2D eigenvalue weighted by atomic mass is 10.1. The second-order valence-corrected chi connectivity index (χ2v) is 6.74. The minimum Gasteiger partial charge on any atom is -0.343 e. The van der Waals surface area contributed by atoms with Crippen molar-refractivity contribution in [3.8, 4) is 16.9 Å². The summed E-state index contributed by atoms with van der Waals surface area (Å²) in [7, 11) is 0. The molecule has 6 nitrogen and oxygen atoms in total. The molecule has 3 aromatic rings. The van der Waals surface area contributed by atoms with E-state index in [4.69, 9.17) is 10.6 Å². The van der Waals surface area contributed by atoms with Crippen LogP contribution in [0.15, 0.2) is 59.2 Å². The minimum absolute atomic E-state index is 0.0898. The highest BCUT2D eigenvalue weighted by Gasteiger charge is 2.34. The monoisotopic (exact) mass is 416 g/mol. The topological polar surface area (TPSA) is 73.4 Å². The van der Waals surface area contributed by atoms with E-state index in [2.05, 4.69) is 21.0 Å². The number of nitrogens with two attached hydrogens (primary N) is 1. The van der Waals surface area contributed by atoms with Gasteiger partial charge in [0.2, 0.25) is 0 Å². The molecule has 0 aliphatic carbocycles. The van der Waals surface area contributed by atoms with Crippen molar-refractivity contribution in [2.24, 2.45) is 5.84 Å². The van der Waals surface area contributed by atoms with Crippen LogP contribution in [0.3, 0.4) is 0 Å². The quantitative estimate of drug-likeness (QED) is 0.525.